The molecule has 2 aromatic rings. The first-order valence-electron chi connectivity index (χ1n) is 6.44. The number of carbonyl (C=O) groups excluding carboxylic acids is 1. The number of benzene rings is 1. The zero-order valence-electron chi connectivity index (χ0n) is 11.5. The van der Waals surface area contributed by atoms with Gasteiger partial charge in [-0.25, -0.2) is 0 Å². The first kappa shape index (κ1) is 12.6. The summed E-state index contributed by atoms with van der Waals surface area (Å²) < 4.78 is 12.5. The second kappa shape index (κ2) is 4.92. The maximum absolute atomic E-state index is 12.1. The first-order chi connectivity index (χ1) is 9.65. The van der Waals surface area contributed by atoms with Crippen LogP contribution >= 0.6 is 0 Å². The van der Waals surface area contributed by atoms with Gasteiger partial charge in [0.05, 0.1) is 6.54 Å². The minimum atomic E-state index is -0.123. The molecule has 1 amide bonds. The van der Waals surface area contributed by atoms with Crippen LogP contribution in [0.4, 0.5) is 0 Å². The molecular formula is C15H16N2O3. The molecule has 0 radical (unpaired) electrons. The van der Waals surface area contributed by atoms with Gasteiger partial charge in [-0.15, -0.1) is 0 Å². The summed E-state index contributed by atoms with van der Waals surface area (Å²) in [7, 11) is 1.98. The van der Waals surface area contributed by atoms with Crippen molar-refractivity contribution >= 4 is 5.91 Å². The van der Waals surface area contributed by atoms with E-state index in [1.807, 2.05) is 26.1 Å². The van der Waals surface area contributed by atoms with Crippen LogP contribution in [0.5, 0.6) is 11.5 Å². The lowest BCUT2D eigenvalue weighted by Crippen LogP contribution is -2.23. The number of hydrogen-bond donors (Lipinski definition) is 1. The first-order valence-corrected chi connectivity index (χ1v) is 6.44. The van der Waals surface area contributed by atoms with E-state index in [0.29, 0.717) is 23.6 Å². The van der Waals surface area contributed by atoms with Crippen molar-refractivity contribution < 1.29 is 14.3 Å². The van der Waals surface area contributed by atoms with E-state index in [2.05, 4.69) is 9.88 Å². The van der Waals surface area contributed by atoms with Gasteiger partial charge in [0, 0.05) is 24.0 Å². The van der Waals surface area contributed by atoms with Gasteiger partial charge < -0.3 is 19.4 Å². The van der Waals surface area contributed by atoms with Gasteiger partial charge in [0.25, 0.3) is 5.91 Å². The van der Waals surface area contributed by atoms with E-state index in [0.717, 1.165) is 11.4 Å². The third kappa shape index (κ3) is 2.22. The Labute approximate surface area is 117 Å². The Morgan fingerprint density at radius 2 is 2.05 bits per heavy atom. The zero-order valence-corrected chi connectivity index (χ0v) is 11.5. The topological polar surface area (TPSA) is 52.5 Å². The Morgan fingerprint density at radius 3 is 2.80 bits per heavy atom. The lowest BCUT2D eigenvalue weighted by Gasteiger charge is -2.08. The molecule has 5 heteroatoms. The van der Waals surface area contributed by atoms with E-state index in [1.54, 1.807) is 18.2 Å². The monoisotopic (exact) mass is 272 g/mol. The van der Waals surface area contributed by atoms with Crippen molar-refractivity contribution in [3.8, 4) is 11.5 Å². The summed E-state index contributed by atoms with van der Waals surface area (Å²) in [5, 5.41) is 2.90. The molecule has 3 rings (SSSR count). The number of amides is 1. The van der Waals surface area contributed by atoms with Crippen molar-refractivity contribution in [1.29, 1.82) is 0 Å². The Hall–Kier alpha value is -2.43. The van der Waals surface area contributed by atoms with Crippen LogP contribution < -0.4 is 14.8 Å². The molecule has 1 aliphatic rings. The normalized spacial score (nSPS) is 12.5. The molecule has 1 aromatic carbocycles. The third-order valence-corrected chi connectivity index (χ3v) is 3.54. The molecule has 0 aliphatic carbocycles. The highest BCUT2D eigenvalue weighted by Crippen LogP contribution is 2.32. The van der Waals surface area contributed by atoms with Crippen LogP contribution in [0.2, 0.25) is 0 Å². The fourth-order valence-electron chi connectivity index (χ4n) is 2.16. The van der Waals surface area contributed by atoms with Crippen molar-refractivity contribution in [1.82, 2.24) is 9.88 Å². The number of hydrogen-bond acceptors (Lipinski definition) is 3. The largest absolute Gasteiger partial charge is 0.454 e. The maximum atomic E-state index is 12.1. The van der Waals surface area contributed by atoms with Gasteiger partial charge in [-0.2, -0.15) is 0 Å². The molecule has 0 spiro atoms. The number of fused-ring (bicyclic) bond motifs is 1. The second-order valence-corrected chi connectivity index (χ2v) is 4.78. The maximum Gasteiger partial charge on any atom is 0.251 e. The minimum absolute atomic E-state index is 0.123. The van der Waals surface area contributed by atoms with E-state index in [4.69, 9.17) is 9.47 Å². The Balaban J connectivity index is 1.69. The fourth-order valence-corrected chi connectivity index (χ4v) is 2.16. The predicted molar refractivity (Wildman–Crippen MR) is 73.9 cm³/mol. The molecule has 0 saturated carbocycles. The molecule has 0 bridgehead atoms. The van der Waals surface area contributed by atoms with Crippen LogP contribution in [-0.4, -0.2) is 17.3 Å². The summed E-state index contributed by atoms with van der Waals surface area (Å²) in [6.07, 6.45) is 0. The molecule has 1 aromatic heterocycles. The zero-order chi connectivity index (χ0) is 14.1. The summed E-state index contributed by atoms with van der Waals surface area (Å²) in [4.78, 5) is 12.1. The van der Waals surface area contributed by atoms with Crippen molar-refractivity contribution in [2.24, 2.45) is 7.05 Å². The van der Waals surface area contributed by atoms with Gasteiger partial charge in [0.1, 0.15) is 0 Å². The van der Waals surface area contributed by atoms with Gasteiger partial charge in [-0.1, -0.05) is 0 Å². The standard InChI is InChI=1S/C15H16N2O3/c1-10-3-5-12(17(10)2)8-16-15(18)11-4-6-13-14(7-11)20-9-19-13/h3-7H,8-9H2,1-2H3,(H,16,18). The highest BCUT2D eigenvalue weighted by molar-refractivity contribution is 5.94. The lowest BCUT2D eigenvalue weighted by atomic mass is 10.2. The molecule has 0 unspecified atom stereocenters. The van der Waals surface area contributed by atoms with Gasteiger partial charge in [-0.05, 0) is 37.3 Å². The third-order valence-electron chi connectivity index (χ3n) is 3.54. The highest BCUT2D eigenvalue weighted by atomic mass is 16.7. The van der Waals surface area contributed by atoms with E-state index < -0.39 is 0 Å². The summed E-state index contributed by atoms with van der Waals surface area (Å²) >= 11 is 0. The predicted octanol–water partition coefficient (Wildman–Crippen LogP) is 1.99. The molecule has 0 fully saturated rings. The SMILES string of the molecule is Cc1ccc(CNC(=O)c2ccc3c(c2)OCO3)n1C. The van der Waals surface area contributed by atoms with E-state index in [-0.39, 0.29) is 12.7 Å². The number of nitrogens with one attached hydrogen (secondary N) is 1. The van der Waals surface area contributed by atoms with Crippen LogP contribution in [0, 0.1) is 6.92 Å². The van der Waals surface area contributed by atoms with E-state index in [9.17, 15) is 4.79 Å². The quantitative estimate of drug-likeness (QED) is 0.929. The van der Waals surface area contributed by atoms with Crippen LogP contribution in [0.3, 0.4) is 0 Å². The molecule has 5 nitrogen and oxygen atoms in total. The summed E-state index contributed by atoms with van der Waals surface area (Å²) in [6.45, 7) is 2.74. The average Bonchev–Trinajstić information content (AvgIpc) is 3.04. The Kier molecular flexibility index (Phi) is 3.10. The molecule has 104 valence electrons. The number of ether oxygens (including phenoxy) is 2. The van der Waals surface area contributed by atoms with Crippen LogP contribution in [0.15, 0.2) is 30.3 Å². The van der Waals surface area contributed by atoms with Crippen LogP contribution in [0.1, 0.15) is 21.7 Å². The molecule has 1 aliphatic heterocycles. The van der Waals surface area contributed by atoms with Gasteiger partial charge in [0.2, 0.25) is 6.79 Å². The van der Waals surface area contributed by atoms with Gasteiger partial charge in [-0.3, -0.25) is 4.79 Å². The van der Waals surface area contributed by atoms with Gasteiger partial charge >= 0.3 is 0 Å². The summed E-state index contributed by atoms with van der Waals surface area (Å²) in [5.41, 5.74) is 2.80. The second-order valence-electron chi connectivity index (χ2n) is 4.78. The number of aromatic nitrogens is 1. The molecule has 0 saturated heterocycles. The summed E-state index contributed by atoms with van der Waals surface area (Å²) in [5.74, 6) is 1.18. The number of nitrogens with zero attached hydrogens (tertiary/aromatic N) is 1. The van der Waals surface area contributed by atoms with Crippen molar-refractivity contribution in [3.05, 3.63) is 47.3 Å². The average molecular weight is 272 g/mol. The number of aryl methyl sites for hydroxylation is 1. The van der Waals surface area contributed by atoms with Crippen molar-refractivity contribution in [2.45, 2.75) is 13.5 Å². The lowest BCUT2D eigenvalue weighted by molar-refractivity contribution is 0.0949. The Bertz CT molecular complexity index is 661. The number of rotatable bonds is 3. The van der Waals surface area contributed by atoms with E-state index in [1.165, 1.54) is 0 Å². The molecule has 0 atom stereocenters. The van der Waals surface area contributed by atoms with Crippen LogP contribution in [-0.2, 0) is 13.6 Å². The molecule has 1 N–H and O–H groups in total. The number of carbonyl (C=O) groups is 1. The summed E-state index contributed by atoms with van der Waals surface area (Å²) in [6, 6.07) is 9.23. The minimum Gasteiger partial charge on any atom is -0.454 e. The van der Waals surface area contributed by atoms with Gasteiger partial charge in [0.15, 0.2) is 11.5 Å². The Morgan fingerprint density at radius 1 is 1.25 bits per heavy atom. The van der Waals surface area contributed by atoms with E-state index >= 15 is 0 Å². The van der Waals surface area contributed by atoms with Crippen molar-refractivity contribution in [3.63, 3.8) is 0 Å². The molecule has 20 heavy (non-hydrogen) atoms. The smallest absolute Gasteiger partial charge is 0.251 e. The van der Waals surface area contributed by atoms with Crippen LogP contribution in [0.25, 0.3) is 0 Å². The van der Waals surface area contributed by atoms with Crippen molar-refractivity contribution in [2.75, 3.05) is 6.79 Å². The highest BCUT2D eigenvalue weighted by Gasteiger charge is 2.16. The fraction of sp³-hybridized carbons (Fsp3) is 0.267. The molecular weight excluding hydrogens is 256 g/mol. The molecule has 2 heterocycles.